The van der Waals surface area contributed by atoms with Gasteiger partial charge in [0.05, 0.1) is 10.0 Å². The molecule has 0 aliphatic carbocycles. The van der Waals surface area contributed by atoms with Crippen molar-refractivity contribution >= 4 is 21.8 Å². The van der Waals surface area contributed by atoms with Crippen LogP contribution in [0.2, 0.25) is 0 Å². The molecule has 0 radical (unpaired) electrons. The highest BCUT2D eigenvalue weighted by molar-refractivity contribution is 9.10. The molecule has 0 bridgehead atoms. The van der Waals surface area contributed by atoms with Crippen LogP contribution >= 0.6 is 15.9 Å². The minimum Gasteiger partial charge on any atom is -0.330 e. The van der Waals surface area contributed by atoms with Crippen LogP contribution < -0.4 is 0 Å². The summed E-state index contributed by atoms with van der Waals surface area (Å²) in [5, 5.41) is 0. The molecule has 1 aromatic rings. The number of hydrogen-bond donors (Lipinski definition) is 0. The lowest BCUT2D eigenvalue weighted by Gasteiger charge is -2.24. The van der Waals surface area contributed by atoms with E-state index >= 15 is 0 Å². The predicted molar refractivity (Wildman–Crippen MR) is 71.0 cm³/mol. The number of benzene rings is 1. The second-order valence-electron chi connectivity index (χ2n) is 4.30. The molecule has 1 rings (SSSR count). The molecule has 0 atom stereocenters. The van der Waals surface area contributed by atoms with E-state index < -0.39 is 24.4 Å². The highest BCUT2D eigenvalue weighted by Crippen LogP contribution is 2.24. The first-order valence-corrected chi connectivity index (χ1v) is 6.85. The van der Waals surface area contributed by atoms with Gasteiger partial charge in [-0.15, -0.1) is 0 Å². The average molecular weight is 356 g/mol. The van der Waals surface area contributed by atoms with E-state index in [4.69, 9.17) is 0 Å². The fraction of sp³-hybridized carbons (Fsp3) is 0.462. The van der Waals surface area contributed by atoms with E-state index in [1.165, 1.54) is 12.1 Å². The lowest BCUT2D eigenvalue weighted by atomic mass is 10.2. The summed E-state index contributed by atoms with van der Waals surface area (Å²) in [5.41, 5.74) is -0.106. The molecule has 2 nitrogen and oxygen atoms in total. The molecule has 20 heavy (non-hydrogen) atoms. The Kier molecular flexibility index (Phi) is 5.98. The zero-order valence-electron chi connectivity index (χ0n) is 10.8. The van der Waals surface area contributed by atoms with Gasteiger partial charge in [-0.2, -0.15) is 13.2 Å². The van der Waals surface area contributed by atoms with Crippen LogP contribution in [0.25, 0.3) is 0 Å². The molecule has 0 fully saturated rings. The van der Waals surface area contributed by atoms with Gasteiger partial charge in [0, 0.05) is 6.54 Å². The summed E-state index contributed by atoms with van der Waals surface area (Å²) in [6.45, 7) is 0.459. The predicted octanol–water partition coefficient (Wildman–Crippen LogP) is 4.39. The summed E-state index contributed by atoms with van der Waals surface area (Å²) < 4.78 is 50.8. The largest absolute Gasteiger partial charge is 0.406 e. The summed E-state index contributed by atoms with van der Waals surface area (Å²) in [7, 11) is 0. The Bertz CT molecular complexity index is 476. The van der Waals surface area contributed by atoms with E-state index in [9.17, 15) is 22.4 Å². The number of halogens is 5. The van der Waals surface area contributed by atoms with Gasteiger partial charge in [0.25, 0.3) is 5.91 Å². The minimum atomic E-state index is -4.48. The highest BCUT2D eigenvalue weighted by atomic mass is 79.9. The Labute approximate surface area is 122 Å². The first-order valence-electron chi connectivity index (χ1n) is 6.06. The van der Waals surface area contributed by atoms with E-state index in [1.807, 2.05) is 6.92 Å². The third-order valence-corrected chi connectivity index (χ3v) is 3.43. The molecule has 0 unspecified atom stereocenters. The normalized spacial score (nSPS) is 11.5. The van der Waals surface area contributed by atoms with Crippen LogP contribution in [-0.2, 0) is 0 Å². The molecule has 0 aliphatic rings. The van der Waals surface area contributed by atoms with Crippen molar-refractivity contribution in [2.45, 2.75) is 25.9 Å². The lowest BCUT2D eigenvalue weighted by Crippen LogP contribution is -2.39. The maximum atomic E-state index is 13.4. The molecule has 0 saturated carbocycles. The quantitative estimate of drug-likeness (QED) is 0.717. The van der Waals surface area contributed by atoms with Crippen molar-refractivity contribution in [3.05, 3.63) is 34.1 Å². The van der Waals surface area contributed by atoms with Gasteiger partial charge < -0.3 is 4.90 Å². The number of hydrogen-bond acceptors (Lipinski definition) is 1. The Morgan fingerprint density at radius 3 is 2.55 bits per heavy atom. The molecule has 7 heteroatoms. The molecule has 0 aliphatic heterocycles. The van der Waals surface area contributed by atoms with Crippen molar-refractivity contribution in [3.63, 3.8) is 0 Å². The van der Waals surface area contributed by atoms with Crippen molar-refractivity contribution in [2.75, 3.05) is 13.1 Å². The standard InChI is InChI=1S/C13H14BrF4NO/c1-2-3-7-19(8-13(16,17)18)12(20)9-5-4-6-10(15)11(9)14/h4-6H,2-3,7-8H2,1H3. The summed E-state index contributed by atoms with van der Waals surface area (Å²) in [5.74, 6) is -1.51. The minimum absolute atomic E-state index is 0.0161. The van der Waals surface area contributed by atoms with E-state index in [0.717, 1.165) is 6.07 Å². The SMILES string of the molecule is CCCCN(CC(F)(F)F)C(=O)c1cccc(F)c1Br. The number of carbonyl (C=O) groups excluding carboxylic acids is 1. The fourth-order valence-electron chi connectivity index (χ4n) is 1.66. The number of nitrogens with zero attached hydrogens (tertiary/aromatic N) is 1. The molecule has 112 valence electrons. The highest BCUT2D eigenvalue weighted by Gasteiger charge is 2.33. The Balaban J connectivity index is 3.00. The second kappa shape index (κ2) is 7.06. The van der Waals surface area contributed by atoms with Gasteiger partial charge in [-0.05, 0) is 34.5 Å². The summed E-state index contributed by atoms with van der Waals surface area (Å²) in [6.07, 6.45) is -3.37. The van der Waals surface area contributed by atoms with Gasteiger partial charge in [-0.3, -0.25) is 4.79 Å². The smallest absolute Gasteiger partial charge is 0.330 e. The molecule has 0 heterocycles. The first kappa shape index (κ1) is 16.9. The van der Waals surface area contributed by atoms with Gasteiger partial charge in [0.1, 0.15) is 12.4 Å². The van der Waals surface area contributed by atoms with Gasteiger partial charge in [0.2, 0.25) is 0 Å². The number of rotatable bonds is 5. The zero-order chi connectivity index (χ0) is 15.3. The molecule has 0 saturated heterocycles. The summed E-state index contributed by atoms with van der Waals surface area (Å²) in [4.78, 5) is 12.8. The van der Waals surface area contributed by atoms with Gasteiger partial charge in [-0.25, -0.2) is 4.39 Å². The number of carbonyl (C=O) groups is 1. The van der Waals surface area contributed by atoms with Crippen molar-refractivity contribution in [3.8, 4) is 0 Å². The number of amides is 1. The zero-order valence-corrected chi connectivity index (χ0v) is 12.4. The second-order valence-corrected chi connectivity index (χ2v) is 5.09. The fourth-order valence-corrected chi connectivity index (χ4v) is 2.09. The monoisotopic (exact) mass is 355 g/mol. The molecule has 0 N–H and O–H groups in total. The van der Waals surface area contributed by atoms with Crippen molar-refractivity contribution in [2.24, 2.45) is 0 Å². The van der Waals surface area contributed by atoms with E-state index in [1.54, 1.807) is 0 Å². The van der Waals surface area contributed by atoms with E-state index in [2.05, 4.69) is 15.9 Å². The van der Waals surface area contributed by atoms with Crippen molar-refractivity contribution < 1.29 is 22.4 Å². The Morgan fingerprint density at radius 2 is 2.00 bits per heavy atom. The third kappa shape index (κ3) is 4.77. The van der Waals surface area contributed by atoms with Gasteiger partial charge in [-0.1, -0.05) is 19.4 Å². The molecule has 0 spiro atoms. The summed E-state index contributed by atoms with van der Waals surface area (Å²) >= 11 is 2.89. The third-order valence-electron chi connectivity index (χ3n) is 2.62. The van der Waals surface area contributed by atoms with Crippen LogP contribution in [0.1, 0.15) is 30.1 Å². The number of unbranched alkanes of at least 4 members (excludes halogenated alkanes) is 1. The average Bonchev–Trinajstić information content (AvgIpc) is 2.35. The molecule has 1 aromatic carbocycles. The maximum absolute atomic E-state index is 13.4. The van der Waals surface area contributed by atoms with Gasteiger partial charge in [0.15, 0.2) is 0 Å². The van der Waals surface area contributed by atoms with E-state index in [-0.39, 0.29) is 16.6 Å². The van der Waals surface area contributed by atoms with Crippen LogP contribution in [0.4, 0.5) is 17.6 Å². The summed E-state index contributed by atoms with van der Waals surface area (Å²) in [6, 6.07) is 3.71. The molecular weight excluding hydrogens is 342 g/mol. The van der Waals surface area contributed by atoms with Crippen LogP contribution in [0.15, 0.2) is 22.7 Å². The van der Waals surface area contributed by atoms with Gasteiger partial charge >= 0.3 is 6.18 Å². The number of alkyl halides is 3. The van der Waals surface area contributed by atoms with E-state index in [0.29, 0.717) is 17.7 Å². The molecule has 0 aromatic heterocycles. The Morgan fingerprint density at radius 1 is 1.35 bits per heavy atom. The molecular formula is C13H14BrF4NO. The maximum Gasteiger partial charge on any atom is 0.406 e. The van der Waals surface area contributed by atoms with Crippen molar-refractivity contribution in [1.29, 1.82) is 0 Å². The Hall–Kier alpha value is -1.11. The van der Waals surface area contributed by atoms with Crippen LogP contribution in [0, 0.1) is 5.82 Å². The topological polar surface area (TPSA) is 20.3 Å². The lowest BCUT2D eigenvalue weighted by molar-refractivity contribution is -0.140. The molecule has 1 amide bonds. The van der Waals surface area contributed by atoms with Crippen molar-refractivity contribution in [1.82, 2.24) is 4.90 Å². The first-order chi connectivity index (χ1) is 9.26. The van der Waals surface area contributed by atoms with Crippen LogP contribution in [0.5, 0.6) is 0 Å². The van der Waals surface area contributed by atoms with Crippen LogP contribution in [-0.4, -0.2) is 30.1 Å². The van der Waals surface area contributed by atoms with Crippen LogP contribution in [0.3, 0.4) is 0 Å².